The van der Waals surface area contributed by atoms with Crippen molar-refractivity contribution in [3.05, 3.63) is 46.0 Å². The number of H-pyrrole nitrogens is 1. The van der Waals surface area contributed by atoms with Crippen molar-refractivity contribution in [1.29, 1.82) is 0 Å². The number of aromatic amines is 1. The maximum absolute atomic E-state index is 12.5. The van der Waals surface area contributed by atoms with Gasteiger partial charge in [0.2, 0.25) is 0 Å². The first kappa shape index (κ1) is 12.3. The minimum absolute atomic E-state index is 0.0238. The van der Waals surface area contributed by atoms with E-state index < -0.39 is 0 Å². The van der Waals surface area contributed by atoms with E-state index in [1.165, 1.54) is 5.56 Å². The van der Waals surface area contributed by atoms with Crippen molar-refractivity contribution in [3.8, 4) is 11.4 Å². The van der Waals surface area contributed by atoms with Crippen molar-refractivity contribution in [2.45, 2.75) is 32.7 Å². The number of imidazole rings is 1. The fourth-order valence-corrected chi connectivity index (χ4v) is 2.85. The Labute approximate surface area is 121 Å². The Morgan fingerprint density at radius 3 is 2.76 bits per heavy atom. The summed E-state index contributed by atoms with van der Waals surface area (Å²) >= 11 is 0. The topological polar surface area (TPSA) is 63.6 Å². The minimum Gasteiger partial charge on any atom is -0.322 e. The van der Waals surface area contributed by atoms with Crippen LogP contribution >= 0.6 is 0 Å². The van der Waals surface area contributed by atoms with Crippen LogP contribution in [0.5, 0.6) is 0 Å². The van der Waals surface area contributed by atoms with Gasteiger partial charge in [-0.15, -0.1) is 0 Å². The lowest BCUT2D eigenvalue weighted by atomic mass is 10.1. The van der Waals surface area contributed by atoms with Crippen LogP contribution in [0.15, 0.2) is 29.1 Å². The van der Waals surface area contributed by atoms with Crippen LogP contribution in [0.2, 0.25) is 0 Å². The molecule has 0 spiro atoms. The molecule has 0 saturated carbocycles. The first-order chi connectivity index (χ1) is 10.2. The van der Waals surface area contributed by atoms with Gasteiger partial charge < -0.3 is 4.98 Å². The summed E-state index contributed by atoms with van der Waals surface area (Å²) in [6.45, 7) is 2.80. The molecule has 3 heterocycles. The van der Waals surface area contributed by atoms with E-state index in [1.807, 2.05) is 31.2 Å². The lowest BCUT2D eigenvalue weighted by Gasteiger charge is -2.16. The molecule has 0 fully saturated rings. The lowest BCUT2D eigenvalue weighted by Crippen LogP contribution is -2.28. The van der Waals surface area contributed by atoms with Gasteiger partial charge in [-0.3, -0.25) is 9.36 Å². The van der Waals surface area contributed by atoms with Crippen molar-refractivity contribution in [2.24, 2.45) is 0 Å². The third-order valence-corrected chi connectivity index (χ3v) is 4.04. The van der Waals surface area contributed by atoms with Crippen molar-refractivity contribution < 1.29 is 0 Å². The predicted molar refractivity (Wildman–Crippen MR) is 81.3 cm³/mol. The summed E-state index contributed by atoms with van der Waals surface area (Å²) in [4.78, 5) is 24.8. The second kappa shape index (κ2) is 4.55. The van der Waals surface area contributed by atoms with Crippen LogP contribution in [0, 0.1) is 6.92 Å². The molecule has 5 nitrogen and oxygen atoms in total. The van der Waals surface area contributed by atoms with Gasteiger partial charge in [-0.1, -0.05) is 29.8 Å². The zero-order chi connectivity index (χ0) is 14.4. The van der Waals surface area contributed by atoms with Gasteiger partial charge >= 0.3 is 0 Å². The highest BCUT2D eigenvalue weighted by Crippen LogP contribution is 2.20. The van der Waals surface area contributed by atoms with E-state index in [0.717, 1.165) is 37.2 Å². The first-order valence-electron chi connectivity index (χ1n) is 7.29. The molecule has 5 heteroatoms. The number of rotatable bonds is 1. The molecule has 21 heavy (non-hydrogen) atoms. The van der Waals surface area contributed by atoms with E-state index >= 15 is 0 Å². The van der Waals surface area contributed by atoms with Crippen molar-refractivity contribution in [2.75, 3.05) is 0 Å². The van der Waals surface area contributed by atoms with Gasteiger partial charge in [-0.25, -0.2) is 9.97 Å². The second-order valence-corrected chi connectivity index (χ2v) is 5.59. The summed E-state index contributed by atoms with van der Waals surface area (Å²) < 4.78 is 1.77. The highest BCUT2D eigenvalue weighted by atomic mass is 16.1. The van der Waals surface area contributed by atoms with Gasteiger partial charge in [0.15, 0.2) is 11.2 Å². The van der Waals surface area contributed by atoms with E-state index in [1.54, 1.807) is 4.57 Å². The average Bonchev–Trinajstić information content (AvgIpc) is 2.92. The van der Waals surface area contributed by atoms with Crippen LogP contribution in [0.4, 0.5) is 0 Å². The number of benzene rings is 1. The molecule has 1 aromatic carbocycles. The molecule has 0 unspecified atom stereocenters. The molecular weight excluding hydrogens is 264 g/mol. The number of fused-ring (bicyclic) bond motifs is 2. The maximum atomic E-state index is 12.5. The molecule has 106 valence electrons. The molecular formula is C16H16N4O. The molecule has 1 aliphatic heterocycles. The van der Waals surface area contributed by atoms with Crippen molar-refractivity contribution in [1.82, 2.24) is 19.5 Å². The number of hydrogen-bond donors (Lipinski definition) is 1. The molecule has 0 bridgehead atoms. The number of nitrogens with one attached hydrogen (secondary N) is 1. The Morgan fingerprint density at radius 1 is 1.14 bits per heavy atom. The fraction of sp³-hybridized carbons (Fsp3) is 0.312. The summed E-state index contributed by atoms with van der Waals surface area (Å²) in [5.74, 6) is 1.58. The van der Waals surface area contributed by atoms with Gasteiger partial charge in [-0.05, 0) is 19.8 Å². The van der Waals surface area contributed by atoms with Crippen LogP contribution in [-0.4, -0.2) is 19.5 Å². The van der Waals surface area contributed by atoms with Crippen LogP contribution in [0.3, 0.4) is 0 Å². The molecule has 0 radical (unpaired) electrons. The van der Waals surface area contributed by atoms with Crippen molar-refractivity contribution in [3.63, 3.8) is 0 Å². The number of aryl methyl sites for hydroxylation is 2. The Bertz CT molecular complexity index is 874. The zero-order valence-corrected chi connectivity index (χ0v) is 11.9. The first-order valence-corrected chi connectivity index (χ1v) is 7.29. The molecule has 3 aromatic rings. The number of nitrogens with zero attached hydrogens (tertiary/aromatic N) is 3. The molecule has 0 atom stereocenters. The molecule has 0 aliphatic carbocycles. The van der Waals surface area contributed by atoms with E-state index in [-0.39, 0.29) is 5.56 Å². The summed E-state index contributed by atoms with van der Waals surface area (Å²) in [6.07, 6.45) is 3.00. The van der Waals surface area contributed by atoms with Crippen LogP contribution in [0.1, 0.15) is 24.2 Å². The molecule has 1 N–H and O–H groups in total. The third kappa shape index (κ3) is 1.96. The molecule has 0 saturated heterocycles. The lowest BCUT2D eigenvalue weighted by molar-refractivity contribution is 0.500. The standard InChI is InChI=1S/C16H16N4O/c1-10-5-7-11(8-6-10)14-18-13-15(19-14)17-12-4-2-3-9-20(12)16(13)21/h5-8H,2-4,9H2,1H3,(H,18,19). The summed E-state index contributed by atoms with van der Waals surface area (Å²) in [5, 5.41) is 0. The highest BCUT2D eigenvalue weighted by molar-refractivity contribution is 5.75. The summed E-state index contributed by atoms with van der Waals surface area (Å²) in [7, 11) is 0. The normalized spacial score (nSPS) is 14.3. The van der Waals surface area contributed by atoms with Gasteiger partial charge in [0.1, 0.15) is 11.6 Å². The summed E-state index contributed by atoms with van der Waals surface area (Å²) in [5.41, 5.74) is 3.19. The number of hydrogen-bond acceptors (Lipinski definition) is 3. The van der Waals surface area contributed by atoms with E-state index in [9.17, 15) is 4.79 Å². The Morgan fingerprint density at radius 2 is 1.95 bits per heavy atom. The smallest absolute Gasteiger partial charge is 0.281 e. The van der Waals surface area contributed by atoms with Gasteiger partial charge in [0, 0.05) is 18.5 Å². The summed E-state index contributed by atoms with van der Waals surface area (Å²) in [6, 6.07) is 8.08. The average molecular weight is 280 g/mol. The van der Waals surface area contributed by atoms with E-state index in [2.05, 4.69) is 15.0 Å². The predicted octanol–water partition coefficient (Wildman–Crippen LogP) is 2.43. The zero-order valence-electron chi connectivity index (χ0n) is 11.9. The molecule has 1 aliphatic rings. The molecule has 4 rings (SSSR count). The minimum atomic E-state index is -0.0238. The fourth-order valence-electron chi connectivity index (χ4n) is 2.85. The highest BCUT2D eigenvalue weighted by Gasteiger charge is 2.17. The quantitative estimate of drug-likeness (QED) is 0.744. The van der Waals surface area contributed by atoms with Gasteiger partial charge in [-0.2, -0.15) is 0 Å². The van der Waals surface area contributed by atoms with Crippen LogP contribution in [-0.2, 0) is 13.0 Å². The third-order valence-electron chi connectivity index (χ3n) is 4.04. The Hall–Kier alpha value is -2.43. The Balaban J connectivity index is 1.92. The van der Waals surface area contributed by atoms with Crippen LogP contribution in [0.25, 0.3) is 22.6 Å². The van der Waals surface area contributed by atoms with E-state index in [4.69, 9.17) is 0 Å². The second-order valence-electron chi connectivity index (χ2n) is 5.59. The maximum Gasteiger partial charge on any atom is 0.281 e. The molecule has 0 amide bonds. The van der Waals surface area contributed by atoms with Gasteiger partial charge in [0.25, 0.3) is 5.56 Å². The van der Waals surface area contributed by atoms with Crippen molar-refractivity contribution >= 4 is 11.2 Å². The van der Waals surface area contributed by atoms with E-state index in [0.29, 0.717) is 17.0 Å². The number of aromatic nitrogens is 4. The molecule has 2 aromatic heterocycles. The monoisotopic (exact) mass is 280 g/mol. The Kier molecular flexibility index (Phi) is 2.67. The van der Waals surface area contributed by atoms with Gasteiger partial charge in [0.05, 0.1) is 0 Å². The largest absolute Gasteiger partial charge is 0.322 e. The van der Waals surface area contributed by atoms with Crippen LogP contribution < -0.4 is 5.56 Å². The SMILES string of the molecule is Cc1ccc(-c2nc3c(=O)n4c(nc3[nH]2)CCCC4)cc1.